The first-order chi connectivity index (χ1) is 13.9. The van der Waals surface area contributed by atoms with Crippen LogP contribution in [0.2, 0.25) is 0 Å². The van der Waals surface area contributed by atoms with Crippen LogP contribution in [0.15, 0.2) is 41.3 Å². The predicted molar refractivity (Wildman–Crippen MR) is 103 cm³/mol. The van der Waals surface area contributed by atoms with Gasteiger partial charge in [0, 0.05) is 12.0 Å². The molecule has 2 aromatic carbocycles. The van der Waals surface area contributed by atoms with Gasteiger partial charge in [0.15, 0.2) is 23.1 Å². The second kappa shape index (κ2) is 6.46. The fourth-order valence-corrected chi connectivity index (χ4v) is 3.79. The lowest BCUT2D eigenvalue weighted by Crippen LogP contribution is -2.12. The van der Waals surface area contributed by atoms with Gasteiger partial charge in [-0.3, -0.25) is 0 Å². The molecular weight excluding hydrogens is 396 g/mol. The summed E-state index contributed by atoms with van der Waals surface area (Å²) >= 11 is 0. The number of rotatable bonds is 5. The molecule has 0 radical (unpaired) electrons. The number of sulfonamides is 1. The maximum atomic E-state index is 11.9. The summed E-state index contributed by atoms with van der Waals surface area (Å²) < 4.78 is 41.8. The average molecular weight is 414 g/mol. The Hall–Kier alpha value is -3.11. The Labute approximate surface area is 167 Å². The van der Waals surface area contributed by atoms with Gasteiger partial charge >= 0.3 is 0 Å². The molecule has 2 N–H and O–H groups in total. The van der Waals surface area contributed by atoms with Crippen LogP contribution in [0.4, 0.5) is 0 Å². The van der Waals surface area contributed by atoms with Gasteiger partial charge in [0.05, 0.1) is 23.3 Å². The van der Waals surface area contributed by atoms with Crippen molar-refractivity contribution in [3.8, 4) is 34.3 Å². The van der Waals surface area contributed by atoms with E-state index in [1.165, 1.54) is 19.2 Å². The van der Waals surface area contributed by atoms with Crippen LogP contribution in [0.3, 0.4) is 0 Å². The SMILES string of the molecule is COc1ccc(S(N)(=O)=O)cc1-c1nc(C2CC2)nn1-c1ccc2c(c1)OCO2. The van der Waals surface area contributed by atoms with Crippen LogP contribution in [0.5, 0.6) is 17.2 Å². The summed E-state index contributed by atoms with van der Waals surface area (Å²) in [6, 6.07) is 9.88. The summed E-state index contributed by atoms with van der Waals surface area (Å²) in [5, 5.41) is 10.0. The largest absolute Gasteiger partial charge is 0.496 e. The normalized spacial score (nSPS) is 15.5. The highest BCUT2D eigenvalue weighted by atomic mass is 32.2. The third-order valence-electron chi connectivity index (χ3n) is 4.91. The highest BCUT2D eigenvalue weighted by Gasteiger charge is 2.31. The van der Waals surface area contributed by atoms with E-state index in [1.807, 2.05) is 12.1 Å². The molecule has 1 aliphatic carbocycles. The highest BCUT2D eigenvalue weighted by Crippen LogP contribution is 2.41. The maximum Gasteiger partial charge on any atom is 0.238 e. The summed E-state index contributed by atoms with van der Waals surface area (Å²) in [6.07, 6.45) is 2.05. The summed E-state index contributed by atoms with van der Waals surface area (Å²) in [4.78, 5) is 4.68. The number of hydrogen-bond acceptors (Lipinski definition) is 7. The van der Waals surface area contributed by atoms with E-state index in [0.717, 1.165) is 12.8 Å². The van der Waals surface area contributed by atoms with E-state index < -0.39 is 10.0 Å². The van der Waals surface area contributed by atoms with Gasteiger partial charge in [-0.1, -0.05) is 0 Å². The molecule has 3 aromatic rings. The van der Waals surface area contributed by atoms with E-state index >= 15 is 0 Å². The molecular formula is C19H18N4O5S. The van der Waals surface area contributed by atoms with Gasteiger partial charge in [-0.15, -0.1) is 0 Å². The van der Waals surface area contributed by atoms with E-state index in [0.29, 0.717) is 46.1 Å². The predicted octanol–water partition coefficient (Wildman–Crippen LogP) is 2.20. The van der Waals surface area contributed by atoms with Gasteiger partial charge < -0.3 is 14.2 Å². The zero-order valence-corrected chi connectivity index (χ0v) is 16.3. The average Bonchev–Trinajstić information content (AvgIpc) is 3.28. The van der Waals surface area contributed by atoms with Crippen molar-refractivity contribution in [2.45, 2.75) is 23.7 Å². The maximum absolute atomic E-state index is 11.9. The van der Waals surface area contributed by atoms with Crippen LogP contribution in [0.25, 0.3) is 17.1 Å². The van der Waals surface area contributed by atoms with Crippen molar-refractivity contribution in [1.29, 1.82) is 0 Å². The molecule has 10 heteroatoms. The fourth-order valence-electron chi connectivity index (χ4n) is 3.25. The summed E-state index contributed by atoms with van der Waals surface area (Å²) in [6.45, 7) is 0.167. The Bertz CT molecular complexity index is 1220. The van der Waals surface area contributed by atoms with Crippen molar-refractivity contribution in [2.24, 2.45) is 5.14 Å². The molecule has 0 bridgehead atoms. The minimum absolute atomic E-state index is 0.0264. The number of hydrogen-bond donors (Lipinski definition) is 1. The molecule has 0 atom stereocenters. The lowest BCUT2D eigenvalue weighted by molar-refractivity contribution is 0.174. The monoisotopic (exact) mass is 414 g/mol. The molecule has 0 spiro atoms. The van der Waals surface area contributed by atoms with Crippen molar-refractivity contribution < 1.29 is 22.6 Å². The molecule has 1 fully saturated rings. The van der Waals surface area contributed by atoms with Gasteiger partial charge in [-0.2, -0.15) is 5.10 Å². The third-order valence-corrected chi connectivity index (χ3v) is 5.82. The standard InChI is InChI=1S/C19H18N4O5S/c1-26-15-7-5-13(29(20,24)25)9-14(15)19-21-18(11-2-3-11)22-23(19)12-4-6-16-17(8-12)28-10-27-16/h4-9,11H,2-3,10H2,1H3,(H2,20,24,25). The first-order valence-electron chi connectivity index (χ1n) is 9.02. The number of primary sulfonamides is 1. The van der Waals surface area contributed by atoms with E-state index in [2.05, 4.69) is 5.10 Å². The number of benzene rings is 2. The molecule has 29 heavy (non-hydrogen) atoms. The van der Waals surface area contributed by atoms with E-state index in [-0.39, 0.29) is 11.7 Å². The molecule has 9 nitrogen and oxygen atoms in total. The smallest absolute Gasteiger partial charge is 0.238 e. The van der Waals surface area contributed by atoms with Gasteiger partial charge in [0.2, 0.25) is 16.8 Å². The first kappa shape index (κ1) is 18.0. The van der Waals surface area contributed by atoms with E-state index in [1.54, 1.807) is 16.8 Å². The van der Waals surface area contributed by atoms with Crippen molar-refractivity contribution in [2.75, 3.05) is 13.9 Å². The molecule has 0 amide bonds. The van der Waals surface area contributed by atoms with Gasteiger partial charge in [0.25, 0.3) is 0 Å². The van der Waals surface area contributed by atoms with Crippen molar-refractivity contribution in [1.82, 2.24) is 14.8 Å². The van der Waals surface area contributed by atoms with Crippen LogP contribution >= 0.6 is 0 Å². The van der Waals surface area contributed by atoms with Crippen LogP contribution in [-0.2, 0) is 10.0 Å². The first-order valence-corrected chi connectivity index (χ1v) is 10.6. The summed E-state index contributed by atoms with van der Waals surface area (Å²) in [5.41, 5.74) is 1.20. The lowest BCUT2D eigenvalue weighted by Gasteiger charge is -2.11. The van der Waals surface area contributed by atoms with E-state index in [9.17, 15) is 8.42 Å². The molecule has 1 saturated carbocycles. The minimum atomic E-state index is -3.89. The van der Waals surface area contributed by atoms with E-state index in [4.69, 9.17) is 24.3 Å². The third kappa shape index (κ3) is 3.19. The molecule has 1 aliphatic heterocycles. The molecule has 2 heterocycles. The molecule has 150 valence electrons. The number of methoxy groups -OCH3 is 1. The molecule has 0 unspecified atom stereocenters. The Balaban J connectivity index is 1.71. The summed E-state index contributed by atoms with van der Waals surface area (Å²) in [7, 11) is -2.38. The lowest BCUT2D eigenvalue weighted by atomic mass is 10.1. The molecule has 1 aromatic heterocycles. The van der Waals surface area contributed by atoms with Gasteiger partial charge in [-0.25, -0.2) is 23.2 Å². The number of nitrogens with two attached hydrogens (primary N) is 1. The second-order valence-electron chi connectivity index (χ2n) is 6.92. The second-order valence-corrected chi connectivity index (χ2v) is 8.49. The van der Waals surface area contributed by atoms with Crippen LogP contribution in [-0.4, -0.2) is 37.1 Å². The minimum Gasteiger partial charge on any atom is -0.496 e. The number of ether oxygens (including phenoxy) is 3. The Kier molecular flexibility index (Phi) is 4.00. The number of fused-ring (bicyclic) bond motifs is 1. The summed E-state index contributed by atoms with van der Waals surface area (Å²) in [5.74, 6) is 3.22. The van der Waals surface area contributed by atoms with Gasteiger partial charge in [-0.05, 0) is 43.2 Å². The number of nitrogens with zero attached hydrogens (tertiary/aromatic N) is 3. The number of aromatic nitrogens is 3. The van der Waals surface area contributed by atoms with Crippen LogP contribution in [0, 0.1) is 0 Å². The Morgan fingerprint density at radius 2 is 1.93 bits per heavy atom. The fraction of sp³-hybridized carbons (Fsp3) is 0.263. The van der Waals surface area contributed by atoms with Crippen molar-refractivity contribution >= 4 is 10.0 Å². The zero-order valence-electron chi connectivity index (χ0n) is 15.5. The van der Waals surface area contributed by atoms with Gasteiger partial charge in [0.1, 0.15) is 5.75 Å². The van der Waals surface area contributed by atoms with Crippen LogP contribution in [0.1, 0.15) is 24.6 Å². The quantitative estimate of drug-likeness (QED) is 0.680. The molecule has 2 aliphatic rings. The van der Waals surface area contributed by atoms with Crippen LogP contribution < -0.4 is 19.3 Å². The van der Waals surface area contributed by atoms with Crippen molar-refractivity contribution in [3.63, 3.8) is 0 Å². The van der Waals surface area contributed by atoms with Crippen molar-refractivity contribution in [3.05, 3.63) is 42.2 Å². The zero-order chi connectivity index (χ0) is 20.2. The molecule has 5 rings (SSSR count). The topological polar surface area (TPSA) is 119 Å². The molecule has 0 saturated heterocycles. The Morgan fingerprint density at radius 1 is 1.14 bits per heavy atom. The highest BCUT2D eigenvalue weighted by molar-refractivity contribution is 7.89. The Morgan fingerprint density at radius 3 is 2.66 bits per heavy atom.